The minimum absolute atomic E-state index is 0.155. The summed E-state index contributed by atoms with van der Waals surface area (Å²) in [6, 6.07) is 0.385. The van der Waals surface area contributed by atoms with E-state index in [1.807, 2.05) is 20.8 Å². The molecular formula is C14H28N2O3. The lowest BCUT2D eigenvalue weighted by Gasteiger charge is -2.32. The van der Waals surface area contributed by atoms with Gasteiger partial charge in [0, 0.05) is 19.1 Å². The Morgan fingerprint density at radius 1 is 1.32 bits per heavy atom. The zero-order valence-electron chi connectivity index (χ0n) is 12.4. The topological polar surface area (TPSA) is 70.6 Å². The normalized spacial score (nSPS) is 24.0. The van der Waals surface area contributed by atoms with Gasteiger partial charge in [-0.05, 0) is 39.5 Å². The minimum Gasteiger partial charge on any atom is -0.444 e. The van der Waals surface area contributed by atoms with Crippen LogP contribution in [0.2, 0.25) is 0 Å². The Morgan fingerprint density at radius 2 is 2.00 bits per heavy atom. The maximum atomic E-state index is 11.6. The summed E-state index contributed by atoms with van der Waals surface area (Å²) < 4.78 is 5.23. The summed E-state index contributed by atoms with van der Waals surface area (Å²) in [7, 11) is 0. The molecule has 19 heavy (non-hydrogen) atoms. The van der Waals surface area contributed by atoms with E-state index in [1.165, 1.54) is 12.8 Å². The second-order valence-electron chi connectivity index (χ2n) is 6.21. The van der Waals surface area contributed by atoms with Crippen molar-refractivity contribution in [3.8, 4) is 0 Å². The quantitative estimate of drug-likeness (QED) is 0.712. The van der Waals surface area contributed by atoms with E-state index < -0.39 is 5.60 Å². The van der Waals surface area contributed by atoms with Gasteiger partial charge in [0.15, 0.2) is 0 Å². The predicted molar refractivity (Wildman–Crippen MR) is 75.1 cm³/mol. The Bertz CT molecular complexity index is 276. The fraction of sp³-hybridized carbons (Fsp3) is 0.929. The van der Waals surface area contributed by atoms with Gasteiger partial charge in [0.1, 0.15) is 5.60 Å². The van der Waals surface area contributed by atoms with E-state index in [4.69, 9.17) is 9.84 Å². The van der Waals surface area contributed by atoms with Gasteiger partial charge < -0.3 is 20.5 Å². The molecule has 2 atom stereocenters. The molecule has 2 unspecified atom stereocenters. The van der Waals surface area contributed by atoms with Crippen LogP contribution in [0.25, 0.3) is 0 Å². The molecule has 1 saturated carbocycles. The van der Waals surface area contributed by atoms with Crippen molar-refractivity contribution in [2.24, 2.45) is 5.92 Å². The number of ether oxygens (including phenoxy) is 1. The van der Waals surface area contributed by atoms with Gasteiger partial charge in [0.2, 0.25) is 0 Å². The fourth-order valence-electron chi connectivity index (χ4n) is 2.50. The van der Waals surface area contributed by atoms with Gasteiger partial charge in [-0.2, -0.15) is 0 Å². The zero-order valence-corrected chi connectivity index (χ0v) is 12.4. The molecule has 0 aromatic carbocycles. The van der Waals surface area contributed by atoms with Crippen LogP contribution < -0.4 is 10.6 Å². The highest BCUT2D eigenvalue weighted by Crippen LogP contribution is 2.23. The summed E-state index contributed by atoms with van der Waals surface area (Å²) in [5.74, 6) is 0.424. The molecule has 0 bridgehead atoms. The Kier molecular flexibility index (Phi) is 6.58. The standard InChI is InChI=1S/C14H28N2O3/c1-14(2,3)19-13(18)16-10-11-6-4-5-7-12(11)15-8-9-17/h11-12,15,17H,4-10H2,1-3H3,(H,16,18). The van der Waals surface area contributed by atoms with Crippen molar-refractivity contribution in [2.45, 2.75) is 58.1 Å². The van der Waals surface area contributed by atoms with E-state index in [1.54, 1.807) is 0 Å². The number of aliphatic hydroxyl groups is 1. The van der Waals surface area contributed by atoms with Crippen molar-refractivity contribution in [2.75, 3.05) is 19.7 Å². The van der Waals surface area contributed by atoms with Gasteiger partial charge >= 0.3 is 6.09 Å². The van der Waals surface area contributed by atoms with Crippen molar-refractivity contribution in [1.82, 2.24) is 10.6 Å². The first kappa shape index (κ1) is 16.2. The van der Waals surface area contributed by atoms with Crippen molar-refractivity contribution in [3.05, 3.63) is 0 Å². The summed E-state index contributed by atoms with van der Waals surface area (Å²) in [5, 5.41) is 15.1. The van der Waals surface area contributed by atoms with Crippen LogP contribution >= 0.6 is 0 Å². The number of carbonyl (C=O) groups excluding carboxylic acids is 1. The molecule has 1 fully saturated rings. The zero-order chi connectivity index (χ0) is 14.3. The highest BCUT2D eigenvalue weighted by molar-refractivity contribution is 5.67. The summed E-state index contributed by atoms with van der Waals surface area (Å²) in [6.45, 7) is 6.99. The first-order valence-electron chi connectivity index (χ1n) is 7.23. The molecule has 1 rings (SSSR count). The average Bonchev–Trinajstić information content (AvgIpc) is 2.32. The molecular weight excluding hydrogens is 244 g/mol. The van der Waals surface area contributed by atoms with Crippen LogP contribution in [-0.2, 0) is 4.74 Å². The number of amides is 1. The van der Waals surface area contributed by atoms with Gasteiger partial charge in [-0.25, -0.2) is 4.79 Å². The van der Waals surface area contributed by atoms with Crippen LogP contribution in [0.15, 0.2) is 0 Å². The minimum atomic E-state index is -0.453. The van der Waals surface area contributed by atoms with Gasteiger partial charge in [0.25, 0.3) is 0 Å². The number of alkyl carbamates (subject to hydrolysis) is 1. The fourth-order valence-corrected chi connectivity index (χ4v) is 2.50. The smallest absolute Gasteiger partial charge is 0.407 e. The molecule has 5 heteroatoms. The maximum Gasteiger partial charge on any atom is 0.407 e. The number of nitrogens with one attached hydrogen (secondary N) is 2. The third-order valence-corrected chi connectivity index (χ3v) is 3.33. The van der Waals surface area contributed by atoms with E-state index in [-0.39, 0.29) is 12.7 Å². The molecule has 0 heterocycles. The third-order valence-electron chi connectivity index (χ3n) is 3.33. The summed E-state index contributed by atoms with van der Waals surface area (Å²) >= 11 is 0. The Morgan fingerprint density at radius 3 is 2.63 bits per heavy atom. The van der Waals surface area contributed by atoms with Crippen LogP contribution in [0, 0.1) is 5.92 Å². The number of carbonyl (C=O) groups is 1. The van der Waals surface area contributed by atoms with E-state index in [0.29, 0.717) is 25.0 Å². The largest absolute Gasteiger partial charge is 0.444 e. The summed E-state index contributed by atoms with van der Waals surface area (Å²) in [6.07, 6.45) is 4.29. The van der Waals surface area contributed by atoms with Crippen molar-refractivity contribution in [3.63, 3.8) is 0 Å². The molecule has 1 aliphatic carbocycles. The van der Waals surface area contributed by atoms with Crippen LogP contribution in [-0.4, -0.2) is 42.5 Å². The summed E-state index contributed by atoms with van der Waals surface area (Å²) in [4.78, 5) is 11.6. The second-order valence-corrected chi connectivity index (χ2v) is 6.21. The Balaban J connectivity index is 2.34. The Hall–Kier alpha value is -0.810. The van der Waals surface area contributed by atoms with Crippen LogP contribution in [0.3, 0.4) is 0 Å². The lowest BCUT2D eigenvalue weighted by molar-refractivity contribution is 0.0510. The molecule has 5 nitrogen and oxygen atoms in total. The lowest BCUT2D eigenvalue weighted by Crippen LogP contribution is -2.45. The van der Waals surface area contributed by atoms with E-state index >= 15 is 0 Å². The monoisotopic (exact) mass is 272 g/mol. The molecule has 0 aromatic heterocycles. The highest BCUT2D eigenvalue weighted by atomic mass is 16.6. The van der Waals surface area contributed by atoms with Crippen molar-refractivity contribution >= 4 is 6.09 Å². The molecule has 0 aliphatic heterocycles. The number of hydrogen-bond donors (Lipinski definition) is 3. The first-order valence-corrected chi connectivity index (χ1v) is 7.23. The van der Waals surface area contributed by atoms with Crippen molar-refractivity contribution < 1.29 is 14.6 Å². The number of rotatable bonds is 5. The molecule has 1 aliphatic rings. The third kappa shape index (κ3) is 6.78. The van der Waals surface area contributed by atoms with Gasteiger partial charge in [0.05, 0.1) is 6.61 Å². The number of aliphatic hydroxyl groups excluding tert-OH is 1. The lowest BCUT2D eigenvalue weighted by atomic mass is 9.84. The van der Waals surface area contributed by atoms with Crippen LogP contribution in [0.4, 0.5) is 4.79 Å². The molecule has 1 amide bonds. The predicted octanol–water partition coefficient (Wildman–Crippen LogP) is 1.65. The van der Waals surface area contributed by atoms with E-state index in [0.717, 1.165) is 12.8 Å². The summed E-state index contributed by atoms with van der Waals surface area (Å²) in [5.41, 5.74) is -0.453. The SMILES string of the molecule is CC(C)(C)OC(=O)NCC1CCCCC1NCCO. The van der Waals surface area contributed by atoms with Gasteiger partial charge in [-0.15, -0.1) is 0 Å². The Labute approximate surface area is 116 Å². The van der Waals surface area contributed by atoms with Crippen LogP contribution in [0.5, 0.6) is 0 Å². The van der Waals surface area contributed by atoms with Gasteiger partial charge in [-0.3, -0.25) is 0 Å². The van der Waals surface area contributed by atoms with Crippen LogP contribution in [0.1, 0.15) is 46.5 Å². The molecule has 0 radical (unpaired) electrons. The number of hydrogen-bond acceptors (Lipinski definition) is 4. The molecule has 3 N–H and O–H groups in total. The molecule has 0 aromatic rings. The molecule has 0 saturated heterocycles. The molecule has 112 valence electrons. The first-order chi connectivity index (χ1) is 8.92. The van der Waals surface area contributed by atoms with Crippen molar-refractivity contribution in [1.29, 1.82) is 0 Å². The highest BCUT2D eigenvalue weighted by Gasteiger charge is 2.25. The van der Waals surface area contributed by atoms with E-state index in [9.17, 15) is 4.79 Å². The average molecular weight is 272 g/mol. The second kappa shape index (κ2) is 7.70. The molecule has 0 spiro atoms. The van der Waals surface area contributed by atoms with Gasteiger partial charge in [-0.1, -0.05) is 12.8 Å². The van der Waals surface area contributed by atoms with E-state index in [2.05, 4.69) is 10.6 Å². The maximum absolute atomic E-state index is 11.6.